The van der Waals surface area contributed by atoms with Crippen molar-refractivity contribution in [2.45, 2.75) is 102 Å². The van der Waals surface area contributed by atoms with Gasteiger partial charge in [0, 0.05) is 121 Å². The summed E-state index contributed by atoms with van der Waals surface area (Å²) in [5, 5.41) is 13.9. The number of Topliss-reactive ketones (excluding diaryl/α,β-unsaturated/α-hetero) is 2. The Hall–Kier alpha value is -12.6. The summed E-state index contributed by atoms with van der Waals surface area (Å²) in [5.41, 5.74) is 18.5. The van der Waals surface area contributed by atoms with Crippen LogP contribution in [0.4, 0.5) is 50.7 Å². The van der Waals surface area contributed by atoms with Crippen LogP contribution in [0, 0.1) is 11.6 Å². The first-order chi connectivity index (χ1) is 57.1. The highest BCUT2D eigenvalue weighted by molar-refractivity contribution is 7.80. The van der Waals surface area contributed by atoms with Crippen molar-refractivity contribution in [2.24, 2.45) is 5.73 Å². The summed E-state index contributed by atoms with van der Waals surface area (Å²) < 4.78 is 52.2. The van der Waals surface area contributed by atoms with Gasteiger partial charge in [-0.3, -0.25) is 38.6 Å². The van der Waals surface area contributed by atoms with Gasteiger partial charge in [-0.25, -0.2) is 28.0 Å². The topological polar surface area (TPSA) is 313 Å². The molecule has 6 aliphatic rings. The van der Waals surface area contributed by atoms with Crippen LogP contribution in [0.3, 0.4) is 0 Å². The van der Waals surface area contributed by atoms with E-state index in [0.717, 1.165) is 55.6 Å². The second kappa shape index (κ2) is 38.4. The lowest BCUT2D eigenvalue weighted by atomic mass is 9.98. The summed E-state index contributed by atoms with van der Waals surface area (Å²) in [6, 6.07) is 53.4. The third-order valence-electron chi connectivity index (χ3n) is 22.1. The number of halogens is 2. The molecule has 4 heterocycles. The Morgan fingerprint density at radius 2 is 0.847 bits per heavy atom. The molecule has 2 aliphatic carbocycles. The highest BCUT2D eigenvalue weighted by atomic mass is 32.1. The Morgan fingerprint density at radius 1 is 0.483 bits per heavy atom. The average Bonchev–Trinajstić information content (AvgIpc) is 1.60. The number of nitrogens with two attached hydrogens (primary N) is 1. The van der Waals surface area contributed by atoms with Crippen LogP contribution in [0.15, 0.2) is 182 Å². The molecule has 2 unspecified atom stereocenters. The van der Waals surface area contributed by atoms with Crippen LogP contribution in [0.2, 0.25) is 0 Å². The molecule has 118 heavy (non-hydrogen) atoms. The number of hydrogen-bond donors (Lipinski definition) is 6. The molecule has 0 saturated carbocycles. The minimum Gasteiger partial charge on any atom is -0.449 e. The van der Waals surface area contributed by atoms with E-state index in [1.807, 2.05) is 89.5 Å². The lowest BCUT2D eigenvalue weighted by Crippen LogP contribution is -2.49. The molecule has 4 aliphatic heterocycles. The quantitative estimate of drug-likeness (QED) is 0.0151. The summed E-state index contributed by atoms with van der Waals surface area (Å²) in [6.07, 6.45) is -2.46. The number of ether oxygens (including phenoxy) is 4. The molecule has 7 N–H and O–H groups in total. The number of ketones is 2. The zero-order valence-corrected chi connectivity index (χ0v) is 66.6. The largest absolute Gasteiger partial charge is 0.449 e. The van der Waals surface area contributed by atoms with Gasteiger partial charge >= 0.3 is 24.4 Å². The molecule has 14 rings (SSSR count). The Labute approximate surface area is 687 Å². The van der Waals surface area contributed by atoms with E-state index in [-0.39, 0.29) is 107 Å². The van der Waals surface area contributed by atoms with Crippen LogP contribution in [0.25, 0.3) is 22.3 Å². The summed E-state index contributed by atoms with van der Waals surface area (Å²) in [4.78, 5) is 138. The molecule has 0 spiro atoms. The predicted octanol–water partition coefficient (Wildman–Crippen LogP) is 11.3. The third kappa shape index (κ3) is 20.1. The number of thiocarbonyl (C=S) groups is 1. The number of hydrogen-bond acceptors (Lipinski definition) is 18. The second-order valence-electron chi connectivity index (χ2n) is 29.7. The van der Waals surface area contributed by atoms with Gasteiger partial charge in [-0.15, -0.1) is 0 Å². The van der Waals surface area contributed by atoms with Gasteiger partial charge in [0.1, 0.15) is 49.1 Å². The smallest absolute Gasteiger partial charge is 0.414 e. The number of anilines is 4. The average molecular weight is 1630 g/mol. The summed E-state index contributed by atoms with van der Waals surface area (Å²) in [6.45, 7) is 10.0. The molecule has 8 aromatic rings. The molecule has 0 aromatic heterocycles. The number of benzene rings is 8. The number of cyclic esters (lactones) is 2. The number of piperazine rings is 2. The highest BCUT2D eigenvalue weighted by Crippen LogP contribution is 2.46. The van der Waals surface area contributed by atoms with Crippen molar-refractivity contribution in [3.05, 3.63) is 238 Å². The Morgan fingerprint density at radius 3 is 1.20 bits per heavy atom. The standard InChI is InChI=1S/C46H49FN6O7S.C43H45FN6O7/c1-3-42(61)48-26-33-27-53(46(58)60-33)32-16-17-40(39(47)24-32)51-20-22-52(23-21-51)43(55)19-18-41(54)31-14-12-30(13-15-31)25-49-44(56)29(2)50-45(57)59-28-38-36-10-6-4-8-34(36)35-9-5-7-11-37(35)38;1-27(47-42(54)56-26-36-34-8-4-2-6-32(34)33-7-3-5-9-35(33)36)41(53)46-24-28-10-12-29(13-11-28)39(51)16-17-40(52)49-20-18-48(19-21-49)38-15-14-30(22-37(38)44)50-25-31(23-45)57-43(50)55/h4-17,24,29,33,38H,3,18-23,25-28H2,1-2H3,(H,48,61)(H,49,56)(H,50,57);2-15,22,27,31,36H,16-21,23-26,45H2,1H3,(H,46,53)(H,47,54)/t29?,33-;27?,31-/m00/s1. The number of nitrogens with zero attached hydrogens (tertiary/aromatic N) is 6. The molecule has 26 nitrogen and oxygen atoms in total. The van der Waals surface area contributed by atoms with E-state index in [1.165, 1.54) is 21.9 Å². The van der Waals surface area contributed by atoms with Crippen molar-refractivity contribution in [2.75, 3.05) is 111 Å². The number of alkyl carbamates (subject to hydrolysis) is 2. The molecule has 4 saturated heterocycles. The van der Waals surface area contributed by atoms with E-state index in [4.69, 9.17) is 36.9 Å². The van der Waals surface area contributed by atoms with Gasteiger partial charge in [-0.1, -0.05) is 165 Å². The zero-order valence-electron chi connectivity index (χ0n) is 65.8. The molecular formula is C89H94F2N12O14S. The van der Waals surface area contributed by atoms with E-state index in [2.05, 4.69) is 50.8 Å². The van der Waals surface area contributed by atoms with E-state index < -0.39 is 72.1 Å². The van der Waals surface area contributed by atoms with Crippen molar-refractivity contribution in [3.8, 4) is 22.3 Å². The molecule has 0 bridgehead atoms. The van der Waals surface area contributed by atoms with Gasteiger partial charge in [0.05, 0.1) is 47.4 Å². The third-order valence-corrected chi connectivity index (χ3v) is 22.5. The fraction of sp³-hybridized carbons (Fsp3) is 0.337. The van der Waals surface area contributed by atoms with Crippen LogP contribution in [0.1, 0.15) is 119 Å². The van der Waals surface area contributed by atoms with Crippen molar-refractivity contribution < 1.29 is 75.7 Å². The molecule has 614 valence electrons. The van der Waals surface area contributed by atoms with Gasteiger partial charge < -0.3 is 70.9 Å². The van der Waals surface area contributed by atoms with Crippen LogP contribution >= 0.6 is 12.2 Å². The lowest BCUT2D eigenvalue weighted by Gasteiger charge is -2.36. The number of carbonyl (C=O) groups excluding carboxylic acids is 10. The maximum absolute atomic E-state index is 15.3. The first-order valence-corrected chi connectivity index (χ1v) is 40.1. The summed E-state index contributed by atoms with van der Waals surface area (Å²) in [7, 11) is 0. The maximum atomic E-state index is 15.3. The Balaban J connectivity index is 0.000000205. The van der Waals surface area contributed by atoms with Crippen molar-refractivity contribution in [1.29, 1.82) is 0 Å². The zero-order chi connectivity index (χ0) is 83.1. The second-order valence-corrected chi connectivity index (χ2v) is 30.2. The SMILES string of the molecule is CC(NC(=O)OCC1c2ccccc2-c2ccccc21)C(=O)NCc1ccc(C(=O)CCC(=O)N2CCN(c3ccc(N4C[C@H](CN)OC4=O)cc3F)CC2)cc1.CCC(=S)NC[C@H]1CN(c2ccc(N3CCN(C(=O)CCC(=O)c4ccc(CNC(=O)C(C)NC(=O)OCC5c6ccccc6-c6ccccc65)cc4)CC3)c(F)c2)C(=O)O1. The monoisotopic (exact) mass is 1620 g/mol. The minimum absolute atomic E-state index is 0.0331. The van der Waals surface area contributed by atoms with Gasteiger partial charge in [-0.2, -0.15) is 0 Å². The van der Waals surface area contributed by atoms with Gasteiger partial charge in [0.25, 0.3) is 0 Å². The molecule has 0 radical (unpaired) electrons. The van der Waals surface area contributed by atoms with Gasteiger partial charge in [0.15, 0.2) is 11.6 Å². The Kier molecular flexibility index (Phi) is 27.1. The van der Waals surface area contributed by atoms with E-state index in [9.17, 15) is 47.9 Å². The van der Waals surface area contributed by atoms with Crippen molar-refractivity contribution in [3.63, 3.8) is 0 Å². The van der Waals surface area contributed by atoms with E-state index >= 15 is 8.78 Å². The fourth-order valence-electron chi connectivity index (χ4n) is 15.4. The van der Waals surface area contributed by atoms with E-state index in [0.29, 0.717) is 104 Å². The van der Waals surface area contributed by atoms with Crippen LogP contribution in [0.5, 0.6) is 0 Å². The highest BCUT2D eigenvalue weighted by Gasteiger charge is 2.37. The lowest BCUT2D eigenvalue weighted by molar-refractivity contribution is -0.132. The summed E-state index contributed by atoms with van der Waals surface area (Å²) >= 11 is 5.18. The molecule has 4 fully saturated rings. The first-order valence-electron chi connectivity index (χ1n) is 39.7. The van der Waals surface area contributed by atoms with Crippen molar-refractivity contribution >= 4 is 99.5 Å². The molecule has 8 aromatic carbocycles. The normalized spacial score (nSPS) is 16.5. The number of amides is 8. The summed E-state index contributed by atoms with van der Waals surface area (Å²) in [5.74, 6) is -2.59. The van der Waals surface area contributed by atoms with Gasteiger partial charge in [0.2, 0.25) is 23.6 Å². The van der Waals surface area contributed by atoms with E-state index in [1.54, 1.807) is 96.4 Å². The molecule has 8 amide bonds. The number of rotatable bonds is 28. The van der Waals surface area contributed by atoms with Gasteiger partial charge in [-0.05, 0) is 112 Å². The first kappa shape index (κ1) is 83.3. The van der Waals surface area contributed by atoms with Crippen LogP contribution < -0.4 is 51.9 Å². The molecule has 29 heteroatoms. The molecular weight excluding hydrogens is 1530 g/mol. The van der Waals surface area contributed by atoms with Crippen LogP contribution in [-0.2, 0) is 51.2 Å². The number of fused-ring (bicyclic) bond motifs is 6. The minimum atomic E-state index is -0.846. The number of nitrogens with one attached hydrogen (secondary N) is 5. The molecule has 4 atom stereocenters. The fourth-order valence-corrected chi connectivity index (χ4v) is 15.5. The predicted molar refractivity (Wildman–Crippen MR) is 445 cm³/mol. The number of carbonyl (C=O) groups is 10. The Bertz CT molecular complexity index is 4990. The van der Waals surface area contributed by atoms with Crippen molar-refractivity contribution in [1.82, 2.24) is 36.4 Å². The maximum Gasteiger partial charge on any atom is 0.414 e. The van der Waals surface area contributed by atoms with Crippen LogP contribution in [-0.4, -0.2) is 190 Å².